The molecule has 3 heterocycles. The van der Waals surface area contributed by atoms with Crippen LogP contribution in [0.3, 0.4) is 0 Å². The number of aromatic nitrogens is 2. The number of nitrogen functional groups attached to an aromatic ring is 1. The van der Waals surface area contributed by atoms with Crippen LogP contribution < -0.4 is 5.73 Å². The normalized spacial score (nSPS) is 16.9. The third-order valence-corrected chi connectivity index (χ3v) is 6.85. The highest BCUT2D eigenvalue weighted by Crippen LogP contribution is 2.27. The molecule has 1 aromatic heterocycles. The molecule has 1 atom stereocenters. The quantitative estimate of drug-likeness (QED) is 0.541. The number of rotatable bonds is 7. The Labute approximate surface area is 194 Å². The summed E-state index contributed by atoms with van der Waals surface area (Å²) >= 11 is 0. The summed E-state index contributed by atoms with van der Waals surface area (Å²) in [5.41, 5.74) is 10.5. The fraction of sp³-hybridized carbons (Fsp3) is 0.423. The van der Waals surface area contributed by atoms with E-state index >= 15 is 0 Å². The first-order valence-electron chi connectivity index (χ1n) is 11.9. The smallest absolute Gasteiger partial charge is 0.273 e. The maximum Gasteiger partial charge on any atom is 0.273 e. The molecule has 2 aliphatic rings. The Balaban J connectivity index is 1.29. The molecule has 7 heteroatoms. The maximum atomic E-state index is 13.4. The summed E-state index contributed by atoms with van der Waals surface area (Å²) < 4.78 is 0. The molecule has 0 aliphatic carbocycles. The first-order valence-corrected chi connectivity index (χ1v) is 11.9. The zero-order chi connectivity index (χ0) is 22.8. The van der Waals surface area contributed by atoms with Gasteiger partial charge in [0.05, 0.1) is 5.52 Å². The number of aliphatic hydroxyl groups excluding tert-OH is 1. The second-order valence-corrected chi connectivity index (χ2v) is 9.18. The number of carbonyl (C=O) groups is 1. The summed E-state index contributed by atoms with van der Waals surface area (Å²) in [7, 11) is 0. The van der Waals surface area contributed by atoms with Gasteiger partial charge in [0.15, 0.2) is 0 Å². The van der Waals surface area contributed by atoms with Gasteiger partial charge in [0.2, 0.25) is 5.95 Å². The van der Waals surface area contributed by atoms with Crippen molar-refractivity contribution < 1.29 is 9.90 Å². The van der Waals surface area contributed by atoms with E-state index in [-0.39, 0.29) is 18.1 Å². The molecule has 0 bridgehead atoms. The largest absolute Gasteiger partial charge is 0.378 e. The van der Waals surface area contributed by atoms with Crippen molar-refractivity contribution in [2.75, 3.05) is 18.8 Å². The molecular weight excluding hydrogens is 414 g/mol. The maximum absolute atomic E-state index is 13.4. The zero-order valence-corrected chi connectivity index (χ0v) is 18.9. The Kier molecular flexibility index (Phi) is 6.24. The highest BCUT2D eigenvalue weighted by molar-refractivity contribution is 6.05. The summed E-state index contributed by atoms with van der Waals surface area (Å²) in [5.74, 6) is 0.00222. The molecule has 1 amide bonds. The van der Waals surface area contributed by atoms with Gasteiger partial charge < -0.3 is 15.7 Å². The Morgan fingerprint density at radius 2 is 1.76 bits per heavy atom. The average molecular weight is 446 g/mol. The van der Waals surface area contributed by atoms with Gasteiger partial charge in [-0.3, -0.25) is 9.69 Å². The highest BCUT2D eigenvalue weighted by Gasteiger charge is 2.27. The molecule has 2 aliphatic heterocycles. The number of unbranched alkanes of at least 4 members (excludes halogenated alkanes) is 1. The number of amides is 1. The number of aryl methyl sites for hydroxylation is 1. The van der Waals surface area contributed by atoms with Gasteiger partial charge in [-0.1, -0.05) is 30.3 Å². The first kappa shape index (κ1) is 21.8. The minimum absolute atomic E-state index is 0.115. The van der Waals surface area contributed by atoms with Crippen molar-refractivity contribution in [1.29, 1.82) is 0 Å². The van der Waals surface area contributed by atoms with E-state index in [1.54, 1.807) is 0 Å². The lowest BCUT2D eigenvalue weighted by Gasteiger charge is -2.22. The van der Waals surface area contributed by atoms with Crippen LogP contribution in [0, 0.1) is 0 Å². The molecule has 172 valence electrons. The average Bonchev–Trinajstić information content (AvgIpc) is 3.51. The monoisotopic (exact) mass is 445 g/mol. The summed E-state index contributed by atoms with van der Waals surface area (Å²) in [6, 6.07) is 14.1. The third-order valence-electron chi connectivity index (χ3n) is 6.85. The topological polar surface area (TPSA) is 95.6 Å². The van der Waals surface area contributed by atoms with Crippen LogP contribution in [0.25, 0.3) is 10.9 Å². The first-order chi connectivity index (χ1) is 16.1. The van der Waals surface area contributed by atoms with Crippen molar-refractivity contribution in [3.63, 3.8) is 0 Å². The molecule has 0 saturated carbocycles. The van der Waals surface area contributed by atoms with E-state index in [0.717, 1.165) is 49.7 Å². The number of fused-ring (bicyclic) bond motifs is 2. The van der Waals surface area contributed by atoms with E-state index in [9.17, 15) is 9.90 Å². The number of aliphatic hydroxyl groups is 1. The SMILES string of the molecule is Nc1nc(C(=O)N2Cc3ccccc3C2)c2cc(CCCCC(O)N3CCCC3)ccc2n1. The number of nitrogens with zero attached hydrogens (tertiary/aromatic N) is 4. The number of likely N-dealkylation sites (tertiary alicyclic amines) is 1. The van der Waals surface area contributed by atoms with Crippen molar-refractivity contribution in [1.82, 2.24) is 19.8 Å². The van der Waals surface area contributed by atoms with E-state index < -0.39 is 0 Å². The summed E-state index contributed by atoms with van der Waals surface area (Å²) in [5, 5.41) is 11.1. The fourth-order valence-corrected chi connectivity index (χ4v) is 5.02. The minimum Gasteiger partial charge on any atom is -0.378 e. The van der Waals surface area contributed by atoms with Crippen LogP contribution in [0.1, 0.15) is 59.3 Å². The molecule has 3 N–H and O–H groups in total. The predicted octanol–water partition coefficient (Wildman–Crippen LogP) is 3.50. The minimum atomic E-state index is -0.325. The van der Waals surface area contributed by atoms with Crippen molar-refractivity contribution in [3.05, 3.63) is 64.8 Å². The van der Waals surface area contributed by atoms with Crippen LogP contribution in [-0.2, 0) is 19.5 Å². The van der Waals surface area contributed by atoms with Crippen LogP contribution in [-0.4, -0.2) is 50.1 Å². The number of hydrogen-bond acceptors (Lipinski definition) is 6. The molecule has 7 nitrogen and oxygen atoms in total. The van der Waals surface area contributed by atoms with Crippen LogP contribution in [0.5, 0.6) is 0 Å². The molecule has 2 aromatic carbocycles. The summed E-state index contributed by atoms with van der Waals surface area (Å²) in [4.78, 5) is 26.1. The molecule has 5 rings (SSSR count). The Morgan fingerprint density at radius 1 is 1.03 bits per heavy atom. The fourth-order valence-electron chi connectivity index (χ4n) is 5.02. The van der Waals surface area contributed by atoms with Crippen molar-refractivity contribution in [2.24, 2.45) is 0 Å². The van der Waals surface area contributed by atoms with Crippen LogP contribution in [0.15, 0.2) is 42.5 Å². The van der Waals surface area contributed by atoms with Gasteiger partial charge in [0.25, 0.3) is 5.91 Å². The van der Waals surface area contributed by atoms with Gasteiger partial charge in [0, 0.05) is 31.6 Å². The summed E-state index contributed by atoms with van der Waals surface area (Å²) in [6.07, 6.45) is 5.68. The van der Waals surface area contributed by atoms with E-state index in [0.29, 0.717) is 24.3 Å². The van der Waals surface area contributed by atoms with Crippen molar-refractivity contribution in [2.45, 2.75) is 57.8 Å². The molecule has 33 heavy (non-hydrogen) atoms. The molecule has 0 spiro atoms. The molecule has 1 unspecified atom stereocenters. The predicted molar refractivity (Wildman–Crippen MR) is 128 cm³/mol. The van der Waals surface area contributed by atoms with E-state index in [4.69, 9.17) is 5.73 Å². The summed E-state index contributed by atoms with van der Waals surface area (Å²) in [6.45, 7) is 3.18. The molecule has 1 saturated heterocycles. The van der Waals surface area contributed by atoms with Gasteiger partial charge in [-0.25, -0.2) is 9.97 Å². The zero-order valence-electron chi connectivity index (χ0n) is 18.9. The number of carbonyl (C=O) groups excluding carboxylic acids is 1. The molecular formula is C26H31N5O2. The van der Waals surface area contributed by atoms with E-state index in [2.05, 4.69) is 27.0 Å². The Morgan fingerprint density at radius 3 is 2.48 bits per heavy atom. The van der Waals surface area contributed by atoms with Gasteiger partial charge in [-0.05, 0) is 67.3 Å². The second kappa shape index (κ2) is 9.45. The van der Waals surface area contributed by atoms with Crippen LogP contribution in [0.4, 0.5) is 5.95 Å². The van der Waals surface area contributed by atoms with Crippen LogP contribution >= 0.6 is 0 Å². The van der Waals surface area contributed by atoms with Crippen molar-refractivity contribution >= 4 is 22.8 Å². The number of hydrogen-bond donors (Lipinski definition) is 2. The standard InChI is InChI=1S/C26H31N5O2/c27-26-28-22-12-11-18(7-1-4-10-23(32)30-13-5-6-14-30)15-21(22)24(29-26)25(33)31-16-19-8-2-3-9-20(19)17-31/h2-3,8-9,11-12,15,23,32H,1,4-7,10,13-14,16-17H2,(H2,27,28,29). The molecule has 3 aromatic rings. The lowest BCUT2D eigenvalue weighted by molar-refractivity contribution is 0.0123. The second-order valence-electron chi connectivity index (χ2n) is 9.18. The van der Waals surface area contributed by atoms with Gasteiger partial charge >= 0.3 is 0 Å². The highest BCUT2D eigenvalue weighted by atomic mass is 16.3. The van der Waals surface area contributed by atoms with Gasteiger partial charge in [-0.15, -0.1) is 0 Å². The third kappa shape index (κ3) is 4.70. The molecule has 1 fully saturated rings. The number of nitrogens with two attached hydrogens (primary N) is 1. The van der Waals surface area contributed by atoms with Crippen molar-refractivity contribution in [3.8, 4) is 0 Å². The molecule has 0 radical (unpaired) electrons. The van der Waals surface area contributed by atoms with Gasteiger partial charge in [-0.2, -0.15) is 0 Å². The number of benzene rings is 2. The Bertz CT molecular complexity index is 1130. The lowest BCUT2D eigenvalue weighted by atomic mass is 10.0. The number of anilines is 1. The van der Waals surface area contributed by atoms with Gasteiger partial charge in [0.1, 0.15) is 11.9 Å². The lowest BCUT2D eigenvalue weighted by Crippen LogP contribution is -2.32. The van der Waals surface area contributed by atoms with Crippen LogP contribution in [0.2, 0.25) is 0 Å². The Hall–Kier alpha value is -3.03. The van der Waals surface area contributed by atoms with E-state index in [1.807, 2.05) is 35.2 Å². The van der Waals surface area contributed by atoms with E-state index in [1.165, 1.54) is 24.0 Å².